The summed E-state index contributed by atoms with van der Waals surface area (Å²) in [6, 6.07) is 16.2. The van der Waals surface area contributed by atoms with Crippen LogP contribution in [-0.2, 0) is 80.7 Å². The number of aliphatic hydroxyl groups is 2. The van der Waals surface area contributed by atoms with Crippen LogP contribution in [0.4, 0.5) is 9.59 Å². The number of cyclic esters (lactones) is 4. The summed E-state index contributed by atoms with van der Waals surface area (Å²) in [5.74, 6) is -4.91. The van der Waals surface area contributed by atoms with Gasteiger partial charge in [-0.3, -0.25) is 9.80 Å². The molecule has 0 radical (unpaired) electrons. The van der Waals surface area contributed by atoms with Gasteiger partial charge in [-0.25, -0.2) is 28.8 Å². The number of carbonyl (C=O) groups is 7. The molecule has 0 aliphatic carbocycles. The van der Waals surface area contributed by atoms with Gasteiger partial charge < -0.3 is 102 Å². The minimum absolute atomic E-state index is 0. The number of azide groups is 2. The van der Waals surface area contributed by atoms with Crippen molar-refractivity contribution in [2.75, 3.05) is 88.3 Å². The average molecular weight is 1810 g/mol. The summed E-state index contributed by atoms with van der Waals surface area (Å²) in [7, 11) is 11.2. The zero-order valence-electron chi connectivity index (χ0n) is 79.9. The fourth-order valence-corrected chi connectivity index (χ4v) is 18.6. The second-order valence-corrected chi connectivity index (χ2v) is 37.2. The summed E-state index contributed by atoms with van der Waals surface area (Å²) < 4.78 is 86.2. The van der Waals surface area contributed by atoms with Gasteiger partial charge in [0.1, 0.15) is 31.0 Å². The van der Waals surface area contributed by atoms with Gasteiger partial charge in [0.15, 0.2) is 23.8 Å². The number of hydrogen-bond donors (Lipinski definition) is 4. The third-order valence-corrected chi connectivity index (χ3v) is 25.5. The second kappa shape index (κ2) is 49.3. The summed E-state index contributed by atoms with van der Waals surface area (Å²) in [5.41, 5.74) is 20.4. The number of benzene rings is 2. The van der Waals surface area contributed by atoms with Gasteiger partial charge in [0.2, 0.25) is 11.6 Å². The Morgan fingerprint density at radius 3 is 1.34 bits per heavy atom. The number of esters is 4. The van der Waals surface area contributed by atoms with E-state index in [0.29, 0.717) is 131 Å². The number of carbonyl (C=O) groups excluding carboxylic acids is 7. The molecule has 0 aromatic heterocycles. The van der Waals surface area contributed by atoms with E-state index in [0.717, 1.165) is 6.29 Å². The molecule has 35 nitrogen and oxygen atoms in total. The first-order valence-corrected chi connectivity index (χ1v) is 44.7. The first kappa shape index (κ1) is 110. The summed E-state index contributed by atoms with van der Waals surface area (Å²) in [5, 5.41) is 32.1. The number of rotatable bonds is 44. The molecular formula is C93H152N12O23. The SMILES string of the molecule is C.CC[C@@H](O)[C@@]1(C)OC(=O)N(CCCCN=[N+]=[N-])[C@@H]1[C@@H](C)N.CC[C@@H](O)[C@@]1(C)OC(=O)N(CCCCN=[N+]=[N-])[C@@H]1[C@@H](C)NC[C@H](C)C[C@@](C)(OC)[C@H](O[C@@H]1OC(COC(=O)c2ccccc2)CC(N(C)C)C1C)[C@@H](C)C1=C(C)C(=O)OC(C)(C)O1.CO[C@](C)(C[C@@H](C)C=O)[C@H](O[C@@H]1O[C@H](COC(=O)c2ccccc2)CC(N(C)C)[C@H]1C)[C@@H](C)C1=C(C)C(=O)OC(C)(C)O1. The standard InChI is InChI=1S/C46H74N6O11.C33H49NO9.C13H25N5O3.CH4/c1-14-36(53)46(10)38(52(43(56)63-46)23-19-18-22-49-50-47)32(6)48-26-28(2)25-45(9,57-13)39(30(4)37-31(5)40(54)62-44(7,8)61-37)60-42-29(3)35(51(11)12)24-34(59-42)27-58-41(55)33-20-16-15-17-21-33;1-20(18-35)17-33(7,38-10)28(22(3)27-23(4)29(36)43-32(5,6)42-27)41-31-21(2)26(34(8)9)16-25(40-31)19-39-30(37)24-14-12-11-13-15-24;1-4-10(19)13(3)11(9(2)14)18(12(20)21-13)8-6-5-7-16-17-15;/h15-17,20-21,28-30,32,34-36,38-39,42,48,53H,14,18-19,22-27H2,1-13H3;11-15,18,20-22,25-26,28,31H,16-17,19H2,1-10H3;9-11,19H,4-8,14H2,1-3H3;1H4/t28-,29?,30+,32-,34?,35?,36-,38-,39-,42+,45-,46-;20-,21-,22+,25+,26?,28-,31+,33-;9-,10-,11-,13-;/m111./s1. The van der Waals surface area contributed by atoms with Gasteiger partial charge in [0.25, 0.3) is 0 Å². The van der Waals surface area contributed by atoms with Gasteiger partial charge in [-0.2, -0.15) is 0 Å². The molecule has 24 atom stereocenters. The second-order valence-electron chi connectivity index (χ2n) is 37.2. The molecule has 8 rings (SSSR count). The first-order valence-electron chi connectivity index (χ1n) is 44.7. The highest BCUT2D eigenvalue weighted by molar-refractivity contribution is 5.91. The summed E-state index contributed by atoms with van der Waals surface area (Å²) in [6.07, 6.45) is -0.00812. The molecule has 4 unspecified atom stereocenters. The molecular weight excluding hydrogens is 1650 g/mol. The van der Waals surface area contributed by atoms with Gasteiger partial charge in [0.05, 0.1) is 82.2 Å². The Bertz CT molecular complexity index is 4080. The smallest absolute Gasteiger partial charge is 0.410 e. The molecule has 722 valence electrons. The van der Waals surface area contributed by atoms with Crippen LogP contribution in [0.15, 0.2) is 93.6 Å². The molecule has 2 aromatic carbocycles. The van der Waals surface area contributed by atoms with Crippen molar-refractivity contribution in [3.63, 3.8) is 0 Å². The summed E-state index contributed by atoms with van der Waals surface area (Å²) in [6.45, 7) is 39.1. The lowest BCUT2D eigenvalue weighted by molar-refractivity contribution is -0.290. The van der Waals surface area contributed by atoms with Crippen LogP contribution in [0.2, 0.25) is 0 Å². The van der Waals surface area contributed by atoms with Crippen molar-refractivity contribution in [3.05, 3.63) is 115 Å². The number of hydrogen-bond acceptors (Lipinski definition) is 29. The molecule has 35 heteroatoms. The van der Waals surface area contributed by atoms with Gasteiger partial charge in [-0.05, 0) is 196 Å². The predicted octanol–water partition coefficient (Wildman–Crippen LogP) is 14.2. The van der Waals surface area contributed by atoms with E-state index in [2.05, 4.69) is 55.9 Å². The van der Waals surface area contributed by atoms with Crippen molar-refractivity contribution in [3.8, 4) is 0 Å². The maximum absolute atomic E-state index is 13.3. The molecule has 6 heterocycles. The molecule has 0 bridgehead atoms. The molecule has 0 saturated carbocycles. The highest BCUT2D eigenvalue weighted by Gasteiger charge is 2.59. The third-order valence-electron chi connectivity index (χ3n) is 25.5. The highest BCUT2D eigenvalue weighted by atomic mass is 16.7. The van der Waals surface area contributed by atoms with E-state index in [-0.39, 0.29) is 74.5 Å². The van der Waals surface area contributed by atoms with Crippen molar-refractivity contribution in [1.82, 2.24) is 24.9 Å². The van der Waals surface area contributed by atoms with Crippen LogP contribution >= 0.6 is 0 Å². The fourth-order valence-electron chi connectivity index (χ4n) is 18.6. The third kappa shape index (κ3) is 28.6. The van der Waals surface area contributed by atoms with Gasteiger partial charge in [-0.15, -0.1) is 0 Å². The zero-order chi connectivity index (χ0) is 95.0. The molecule has 2 aromatic rings. The Hall–Kier alpha value is -8.25. The Morgan fingerprint density at radius 2 is 0.992 bits per heavy atom. The topological polar surface area (TPSA) is 438 Å². The van der Waals surface area contributed by atoms with E-state index in [4.69, 9.17) is 83.1 Å². The average Bonchev–Trinajstić information content (AvgIpc) is 1.01. The van der Waals surface area contributed by atoms with Crippen LogP contribution in [0.3, 0.4) is 0 Å². The minimum Gasteiger partial charge on any atom is -0.459 e. The normalized spacial score (nSPS) is 27.6. The number of methoxy groups -OCH3 is 2. The molecule has 4 fully saturated rings. The van der Waals surface area contributed by atoms with Crippen LogP contribution < -0.4 is 11.1 Å². The van der Waals surface area contributed by atoms with Crippen LogP contribution in [0.1, 0.15) is 231 Å². The maximum atomic E-state index is 13.3. The van der Waals surface area contributed by atoms with Crippen LogP contribution in [0.25, 0.3) is 20.9 Å². The molecule has 128 heavy (non-hydrogen) atoms. The Morgan fingerprint density at radius 1 is 0.617 bits per heavy atom. The first-order chi connectivity index (χ1) is 59.6. The lowest BCUT2D eigenvalue weighted by Crippen LogP contribution is -2.60. The summed E-state index contributed by atoms with van der Waals surface area (Å²) in [4.78, 5) is 102. The molecule has 5 N–H and O–H groups in total. The zero-order valence-corrected chi connectivity index (χ0v) is 79.9. The fraction of sp³-hybridized carbons (Fsp3) is 0.753. The number of nitrogens with two attached hydrogens (primary N) is 1. The number of nitrogens with zero attached hydrogens (tertiary/aromatic N) is 10. The number of aldehydes is 1. The Labute approximate surface area is 758 Å². The van der Waals surface area contributed by atoms with Crippen LogP contribution in [0.5, 0.6) is 0 Å². The minimum atomic E-state index is -1.22. The number of ether oxygens (including phenoxy) is 14. The van der Waals surface area contributed by atoms with Gasteiger partial charge >= 0.3 is 36.1 Å². The van der Waals surface area contributed by atoms with Crippen molar-refractivity contribution < 1.29 is 110 Å². The van der Waals surface area contributed by atoms with Gasteiger partial charge in [-0.1, -0.05) is 109 Å². The number of amides is 2. The van der Waals surface area contributed by atoms with Crippen molar-refractivity contribution in [1.29, 1.82) is 0 Å². The number of aliphatic hydroxyl groups excluding tert-OH is 2. The molecule has 6 aliphatic heterocycles. The maximum Gasteiger partial charge on any atom is 0.410 e. The lowest BCUT2D eigenvalue weighted by atomic mass is 9.80. The molecule has 6 aliphatic rings. The van der Waals surface area contributed by atoms with Crippen LogP contribution in [0, 0.1) is 35.5 Å². The van der Waals surface area contributed by atoms with E-state index in [1.165, 1.54) is 0 Å². The lowest BCUT2D eigenvalue weighted by Gasteiger charge is -2.48. The van der Waals surface area contributed by atoms with Gasteiger partial charge in [0, 0.05) is 132 Å². The van der Waals surface area contributed by atoms with E-state index >= 15 is 0 Å². The molecule has 0 spiro atoms. The largest absolute Gasteiger partial charge is 0.459 e. The highest BCUT2D eigenvalue weighted by Crippen LogP contribution is 2.46. The molecule has 2 amide bonds. The van der Waals surface area contributed by atoms with Crippen molar-refractivity contribution in [2.24, 2.45) is 51.5 Å². The quantitative estimate of drug-likeness (QED) is 0.00910. The summed E-state index contributed by atoms with van der Waals surface area (Å²) >= 11 is 0. The number of unbranched alkanes of at least 4 members (excludes halogenated alkanes) is 2. The van der Waals surface area contributed by atoms with E-state index in [1.807, 2.05) is 95.7 Å². The van der Waals surface area contributed by atoms with E-state index in [9.17, 15) is 43.8 Å². The van der Waals surface area contributed by atoms with Crippen molar-refractivity contribution in [2.45, 2.75) is 330 Å². The van der Waals surface area contributed by atoms with E-state index in [1.54, 1.807) is 135 Å². The molecule has 4 saturated heterocycles. The number of nitrogens with one attached hydrogen (secondary N) is 1. The Balaban J connectivity index is 0.000000383. The Kier molecular flexibility index (Phi) is 42.5. The van der Waals surface area contributed by atoms with Crippen LogP contribution in [-0.4, -0.2) is 280 Å². The monoisotopic (exact) mass is 1810 g/mol. The van der Waals surface area contributed by atoms with E-state index < -0.39 is 137 Å². The van der Waals surface area contributed by atoms with Crippen molar-refractivity contribution >= 4 is 42.3 Å². The predicted molar refractivity (Wildman–Crippen MR) is 481 cm³/mol.